The van der Waals surface area contributed by atoms with Crippen LogP contribution in [0.1, 0.15) is 32.8 Å². The summed E-state index contributed by atoms with van der Waals surface area (Å²) in [6.45, 7) is 4.72. The molecule has 39 heavy (non-hydrogen) atoms. The average Bonchev–Trinajstić information content (AvgIpc) is 2.92. The van der Waals surface area contributed by atoms with E-state index in [9.17, 15) is 22.4 Å². The van der Waals surface area contributed by atoms with Crippen molar-refractivity contribution in [1.29, 1.82) is 0 Å². The third kappa shape index (κ3) is 7.71. The topological polar surface area (TPSA) is 86.8 Å². The lowest BCUT2D eigenvalue weighted by molar-refractivity contribution is -0.139. The molecule has 0 spiro atoms. The summed E-state index contributed by atoms with van der Waals surface area (Å²) in [6.07, 6.45) is 0.692. The molecule has 3 rings (SSSR count). The van der Waals surface area contributed by atoms with Crippen molar-refractivity contribution in [1.82, 2.24) is 10.2 Å². The molecule has 11 heteroatoms. The van der Waals surface area contributed by atoms with Gasteiger partial charge in [0.15, 0.2) is 0 Å². The van der Waals surface area contributed by atoms with Crippen LogP contribution in [0.4, 0.5) is 10.1 Å². The van der Waals surface area contributed by atoms with Gasteiger partial charge < -0.3 is 10.2 Å². The summed E-state index contributed by atoms with van der Waals surface area (Å²) in [5.41, 5.74) is 0.694. The van der Waals surface area contributed by atoms with Crippen molar-refractivity contribution in [3.05, 3.63) is 94.2 Å². The molecule has 2 atom stereocenters. The Morgan fingerprint density at radius 3 is 2.21 bits per heavy atom. The summed E-state index contributed by atoms with van der Waals surface area (Å²) < 4.78 is 42.2. The van der Waals surface area contributed by atoms with Gasteiger partial charge in [-0.3, -0.25) is 13.9 Å². The molecule has 3 aromatic carbocycles. The van der Waals surface area contributed by atoms with Gasteiger partial charge in [0.25, 0.3) is 10.0 Å². The van der Waals surface area contributed by atoms with E-state index in [1.807, 2.05) is 13.8 Å². The Morgan fingerprint density at radius 2 is 1.62 bits per heavy atom. The number of nitrogens with zero attached hydrogens (tertiary/aromatic N) is 2. The first-order chi connectivity index (χ1) is 18.4. The summed E-state index contributed by atoms with van der Waals surface area (Å²) in [5, 5.41) is 3.08. The lowest BCUT2D eigenvalue weighted by Gasteiger charge is -2.32. The van der Waals surface area contributed by atoms with Crippen LogP contribution in [0, 0.1) is 5.82 Å². The Bertz CT molecular complexity index is 1410. The minimum atomic E-state index is -4.27. The fourth-order valence-corrected chi connectivity index (χ4v) is 5.45. The maximum absolute atomic E-state index is 13.9. The molecule has 0 radical (unpaired) electrons. The molecule has 208 valence electrons. The summed E-state index contributed by atoms with van der Waals surface area (Å²) in [5.74, 6) is -1.76. The highest BCUT2D eigenvalue weighted by molar-refractivity contribution is 7.92. The molecule has 0 fully saturated rings. The van der Waals surface area contributed by atoms with Gasteiger partial charge in [-0.05, 0) is 68.3 Å². The van der Waals surface area contributed by atoms with E-state index in [2.05, 4.69) is 5.32 Å². The summed E-state index contributed by atoms with van der Waals surface area (Å²) in [4.78, 5) is 28.1. The Labute approximate surface area is 238 Å². The second-order valence-electron chi connectivity index (χ2n) is 9.07. The number of sulfonamides is 1. The van der Waals surface area contributed by atoms with Crippen LogP contribution in [-0.4, -0.2) is 43.8 Å². The number of hydrogen-bond acceptors (Lipinski definition) is 4. The first-order valence-corrected chi connectivity index (χ1v) is 14.5. The highest BCUT2D eigenvalue weighted by atomic mass is 35.5. The van der Waals surface area contributed by atoms with E-state index in [1.165, 1.54) is 23.1 Å². The quantitative estimate of drug-likeness (QED) is 0.311. The Hall–Kier alpha value is -3.14. The van der Waals surface area contributed by atoms with E-state index in [0.29, 0.717) is 17.0 Å². The number of anilines is 1. The van der Waals surface area contributed by atoms with Crippen LogP contribution in [-0.2, 0) is 26.2 Å². The van der Waals surface area contributed by atoms with Gasteiger partial charge in [-0.1, -0.05) is 60.5 Å². The zero-order chi connectivity index (χ0) is 28.7. The SMILES string of the molecule is CC[C@@H](C)NC(=O)[C@@H](C)N(Cc1ccc(Cl)cc1)C(=O)CN(c1ccc(F)c(Cl)c1)S(=O)(=O)c1ccccc1. The van der Waals surface area contributed by atoms with Gasteiger partial charge in [-0.15, -0.1) is 0 Å². The molecule has 0 aliphatic rings. The lowest BCUT2D eigenvalue weighted by Crippen LogP contribution is -2.52. The van der Waals surface area contributed by atoms with Gasteiger partial charge in [0, 0.05) is 17.6 Å². The normalized spacial score (nSPS) is 12.9. The predicted octanol–water partition coefficient (Wildman–Crippen LogP) is 5.66. The van der Waals surface area contributed by atoms with Crippen molar-refractivity contribution in [3.8, 4) is 0 Å². The van der Waals surface area contributed by atoms with Gasteiger partial charge >= 0.3 is 0 Å². The number of carbonyl (C=O) groups is 2. The number of benzene rings is 3. The van der Waals surface area contributed by atoms with Crippen molar-refractivity contribution >= 4 is 50.7 Å². The molecule has 0 bridgehead atoms. The fourth-order valence-electron chi connectivity index (χ4n) is 3.72. The smallest absolute Gasteiger partial charge is 0.264 e. The molecule has 0 saturated carbocycles. The Morgan fingerprint density at radius 1 is 0.974 bits per heavy atom. The first-order valence-electron chi connectivity index (χ1n) is 12.3. The third-order valence-electron chi connectivity index (χ3n) is 6.24. The lowest BCUT2D eigenvalue weighted by atomic mass is 10.1. The Kier molecular flexibility index (Phi) is 10.4. The third-order valence-corrected chi connectivity index (χ3v) is 8.57. The highest BCUT2D eigenvalue weighted by Gasteiger charge is 2.33. The van der Waals surface area contributed by atoms with E-state index in [4.69, 9.17) is 23.2 Å². The van der Waals surface area contributed by atoms with Gasteiger partial charge in [0.1, 0.15) is 18.4 Å². The fraction of sp³-hybridized carbons (Fsp3) is 0.286. The number of amides is 2. The zero-order valence-corrected chi connectivity index (χ0v) is 24.1. The number of rotatable bonds is 11. The molecular weight excluding hydrogens is 564 g/mol. The number of nitrogens with one attached hydrogen (secondary N) is 1. The number of hydrogen-bond donors (Lipinski definition) is 1. The predicted molar refractivity (Wildman–Crippen MR) is 152 cm³/mol. The molecule has 0 unspecified atom stereocenters. The van der Waals surface area contributed by atoms with E-state index in [1.54, 1.807) is 49.4 Å². The minimum Gasteiger partial charge on any atom is -0.352 e. The molecule has 0 aromatic heterocycles. The summed E-state index contributed by atoms with van der Waals surface area (Å²) in [7, 11) is -4.27. The molecule has 0 heterocycles. The van der Waals surface area contributed by atoms with Crippen LogP contribution in [0.2, 0.25) is 10.0 Å². The molecule has 1 N–H and O–H groups in total. The highest BCUT2D eigenvalue weighted by Crippen LogP contribution is 2.28. The van der Waals surface area contributed by atoms with E-state index >= 15 is 0 Å². The van der Waals surface area contributed by atoms with Crippen molar-refractivity contribution in [2.24, 2.45) is 0 Å². The summed E-state index contributed by atoms with van der Waals surface area (Å²) >= 11 is 12.0. The van der Waals surface area contributed by atoms with E-state index in [0.717, 1.165) is 16.4 Å². The zero-order valence-electron chi connectivity index (χ0n) is 21.8. The first kappa shape index (κ1) is 30.4. The number of halogens is 3. The van der Waals surface area contributed by atoms with Crippen LogP contribution in [0.3, 0.4) is 0 Å². The van der Waals surface area contributed by atoms with Crippen LogP contribution >= 0.6 is 23.2 Å². The second kappa shape index (κ2) is 13.3. The van der Waals surface area contributed by atoms with Crippen molar-refractivity contribution < 1.29 is 22.4 Å². The van der Waals surface area contributed by atoms with Crippen molar-refractivity contribution in [2.45, 2.75) is 50.7 Å². The average molecular weight is 595 g/mol. The van der Waals surface area contributed by atoms with Crippen LogP contribution in [0.25, 0.3) is 0 Å². The van der Waals surface area contributed by atoms with Gasteiger partial charge in [-0.2, -0.15) is 0 Å². The maximum Gasteiger partial charge on any atom is 0.264 e. The maximum atomic E-state index is 13.9. The molecule has 0 aliphatic carbocycles. The molecule has 7 nitrogen and oxygen atoms in total. The standard InChI is InChI=1S/C28H30Cl2FN3O4S/c1-4-19(2)32-28(36)20(3)33(17-21-10-12-22(29)13-11-21)27(35)18-34(23-14-15-26(31)25(30)16-23)39(37,38)24-8-6-5-7-9-24/h5-16,19-20H,4,17-18H2,1-3H3,(H,32,36)/t19-,20-/m1/s1. The van der Waals surface area contributed by atoms with E-state index < -0.39 is 34.3 Å². The van der Waals surface area contributed by atoms with Gasteiger partial charge in [0.2, 0.25) is 11.8 Å². The van der Waals surface area contributed by atoms with Crippen LogP contribution in [0.5, 0.6) is 0 Å². The molecule has 3 aromatic rings. The van der Waals surface area contributed by atoms with Gasteiger partial charge in [0.05, 0.1) is 15.6 Å². The van der Waals surface area contributed by atoms with Crippen LogP contribution < -0.4 is 9.62 Å². The molecule has 0 saturated heterocycles. The van der Waals surface area contributed by atoms with E-state index in [-0.39, 0.29) is 34.1 Å². The molecule has 0 aliphatic heterocycles. The van der Waals surface area contributed by atoms with Crippen molar-refractivity contribution in [3.63, 3.8) is 0 Å². The minimum absolute atomic E-state index is 0.00163. The van der Waals surface area contributed by atoms with Gasteiger partial charge in [-0.25, -0.2) is 12.8 Å². The Balaban J connectivity index is 2.03. The monoisotopic (exact) mass is 593 g/mol. The molecular formula is C28H30Cl2FN3O4S. The van der Waals surface area contributed by atoms with Crippen molar-refractivity contribution in [2.75, 3.05) is 10.8 Å². The number of carbonyl (C=O) groups excluding carboxylic acids is 2. The second-order valence-corrected chi connectivity index (χ2v) is 11.8. The molecule has 2 amide bonds. The largest absolute Gasteiger partial charge is 0.352 e. The summed E-state index contributed by atoms with van der Waals surface area (Å²) in [6, 6.07) is 16.7. The van der Waals surface area contributed by atoms with Crippen LogP contribution in [0.15, 0.2) is 77.7 Å².